The lowest BCUT2D eigenvalue weighted by Crippen LogP contribution is -2.37. The highest BCUT2D eigenvalue weighted by molar-refractivity contribution is 5.69. The van der Waals surface area contributed by atoms with Crippen LogP contribution in [0.3, 0.4) is 0 Å². The molecule has 0 heterocycles. The van der Waals surface area contributed by atoms with E-state index in [-0.39, 0.29) is 5.97 Å². The molecule has 1 fully saturated rings. The third-order valence-electron chi connectivity index (χ3n) is 4.34. The summed E-state index contributed by atoms with van der Waals surface area (Å²) < 4.78 is 16.1. The summed E-state index contributed by atoms with van der Waals surface area (Å²) in [7, 11) is 4.85. The van der Waals surface area contributed by atoms with E-state index in [1.165, 1.54) is 26.4 Å². The maximum absolute atomic E-state index is 11.4. The van der Waals surface area contributed by atoms with Crippen LogP contribution in [0, 0.1) is 11.8 Å². The summed E-state index contributed by atoms with van der Waals surface area (Å²) in [6.07, 6.45) is 6.99. The van der Waals surface area contributed by atoms with Crippen LogP contribution < -0.4 is 0 Å². The molecule has 0 aromatic heterocycles. The predicted octanol–water partition coefficient (Wildman–Crippen LogP) is 3.15. The molecule has 0 bridgehead atoms. The molecule has 2 unspecified atom stereocenters. The van der Waals surface area contributed by atoms with Crippen molar-refractivity contribution in [2.45, 2.75) is 57.7 Å². The maximum Gasteiger partial charge on any atom is 0.305 e. The molecular formula is C15H28O4. The minimum absolute atomic E-state index is 0.139. The highest BCUT2D eigenvalue weighted by Crippen LogP contribution is 2.46. The van der Waals surface area contributed by atoms with Gasteiger partial charge in [0.2, 0.25) is 0 Å². The highest BCUT2D eigenvalue weighted by atomic mass is 16.7. The SMILES string of the molecule is CCCCCC1CC(CC(=O)OC)CC1(OC)OC. The summed E-state index contributed by atoms with van der Waals surface area (Å²) in [4.78, 5) is 11.4. The summed E-state index contributed by atoms with van der Waals surface area (Å²) in [6.45, 7) is 2.20. The predicted molar refractivity (Wildman–Crippen MR) is 73.7 cm³/mol. The molecule has 1 rings (SSSR count). The molecule has 1 aliphatic rings. The van der Waals surface area contributed by atoms with Gasteiger partial charge in [-0.25, -0.2) is 0 Å². The zero-order valence-electron chi connectivity index (χ0n) is 12.7. The summed E-state index contributed by atoms with van der Waals surface area (Å²) >= 11 is 0. The van der Waals surface area contributed by atoms with Crippen molar-refractivity contribution in [2.75, 3.05) is 21.3 Å². The second kappa shape index (κ2) is 7.85. The number of hydrogen-bond donors (Lipinski definition) is 0. The second-order valence-corrected chi connectivity index (χ2v) is 5.50. The minimum Gasteiger partial charge on any atom is -0.469 e. The first kappa shape index (κ1) is 16.4. The number of carbonyl (C=O) groups excluding carboxylic acids is 1. The Morgan fingerprint density at radius 2 is 1.89 bits per heavy atom. The third kappa shape index (κ3) is 4.18. The largest absolute Gasteiger partial charge is 0.469 e. The molecular weight excluding hydrogens is 244 g/mol. The average molecular weight is 272 g/mol. The van der Waals surface area contributed by atoms with E-state index in [2.05, 4.69) is 6.92 Å². The van der Waals surface area contributed by atoms with Crippen LogP contribution >= 0.6 is 0 Å². The van der Waals surface area contributed by atoms with Crippen molar-refractivity contribution in [1.82, 2.24) is 0 Å². The van der Waals surface area contributed by atoms with Crippen LogP contribution in [0.15, 0.2) is 0 Å². The van der Waals surface area contributed by atoms with Crippen molar-refractivity contribution in [3.05, 3.63) is 0 Å². The molecule has 4 nitrogen and oxygen atoms in total. The van der Waals surface area contributed by atoms with Gasteiger partial charge in [0.15, 0.2) is 5.79 Å². The number of unbranched alkanes of at least 4 members (excludes halogenated alkanes) is 2. The highest BCUT2D eigenvalue weighted by Gasteiger charge is 2.48. The molecule has 0 amide bonds. The summed E-state index contributed by atoms with van der Waals surface area (Å²) in [5.41, 5.74) is 0. The van der Waals surface area contributed by atoms with Gasteiger partial charge >= 0.3 is 5.97 Å². The lowest BCUT2D eigenvalue weighted by atomic mass is 9.94. The van der Waals surface area contributed by atoms with Crippen LogP contribution in [0.4, 0.5) is 0 Å². The van der Waals surface area contributed by atoms with Crippen molar-refractivity contribution in [1.29, 1.82) is 0 Å². The molecule has 1 saturated carbocycles. The minimum atomic E-state index is -0.508. The Bertz CT molecular complexity index is 273. The quantitative estimate of drug-likeness (QED) is 0.387. The molecule has 0 aromatic rings. The molecule has 19 heavy (non-hydrogen) atoms. The first-order valence-corrected chi connectivity index (χ1v) is 7.29. The van der Waals surface area contributed by atoms with E-state index in [4.69, 9.17) is 14.2 Å². The molecule has 4 heteroatoms. The van der Waals surface area contributed by atoms with Gasteiger partial charge in [0, 0.05) is 33.0 Å². The molecule has 0 aliphatic heterocycles. The molecule has 0 saturated heterocycles. The zero-order valence-corrected chi connectivity index (χ0v) is 12.7. The van der Waals surface area contributed by atoms with E-state index >= 15 is 0 Å². The fourth-order valence-corrected chi connectivity index (χ4v) is 3.27. The van der Waals surface area contributed by atoms with Gasteiger partial charge in [-0.2, -0.15) is 0 Å². The smallest absolute Gasteiger partial charge is 0.305 e. The van der Waals surface area contributed by atoms with Crippen LogP contribution in [0.1, 0.15) is 51.9 Å². The fraction of sp³-hybridized carbons (Fsp3) is 0.933. The van der Waals surface area contributed by atoms with Gasteiger partial charge in [-0.3, -0.25) is 4.79 Å². The Labute approximate surface area is 116 Å². The number of methoxy groups -OCH3 is 3. The van der Waals surface area contributed by atoms with Gasteiger partial charge in [-0.1, -0.05) is 26.2 Å². The molecule has 0 N–H and O–H groups in total. The molecule has 0 radical (unpaired) electrons. The molecule has 0 aromatic carbocycles. The third-order valence-corrected chi connectivity index (χ3v) is 4.34. The van der Waals surface area contributed by atoms with Gasteiger partial charge in [-0.05, 0) is 18.8 Å². The van der Waals surface area contributed by atoms with E-state index < -0.39 is 5.79 Å². The first-order chi connectivity index (χ1) is 9.11. The standard InChI is InChI=1S/C15H28O4/c1-5-6-7-8-13-9-12(10-14(16)17-2)11-15(13,18-3)19-4/h12-13H,5-11H2,1-4H3. The van der Waals surface area contributed by atoms with Crippen LogP contribution in [0.25, 0.3) is 0 Å². The number of esters is 1. The fourth-order valence-electron chi connectivity index (χ4n) is 3.27. The molecule has 112 valence electrons. The van der Waals surface area contributed by atoms with Gasteiger partial charge in [0.05, 0.1) is 7.11 Å². The Morgan fingerprint density at radius 1 is 1.21 bits per heavy atom. The summed E-state index contributed by atoms with van der Waals surface area (Å²) in [5.74, 6) is 0.0369. The summed E-state index contributed by atoms with van der Waals surface area (Å²) in [5, 5.41) is 0. The van der Waals surface area contributed by atoms with E-state index in [1.54, 1.807) is 14.2 Å². The number of hydrogen-bond acceptors (Lipinski definition) is 4. The lowest BCUT2D eigenvalue weighted by molar-refractivity contribution is -0.230. The lowest BCUT2D eigenvalue weighted by Gasteiger charge is -2.32. The van der Waals surface area contributed by atoms with Crippen LogP contribution in [0.5, 0.6) is 0 Å². The van der Waals surface area contributed by atoms with Crippen molar-refractivity contribution in [3.8, 4) is 0 Å². The van der Waals surface area contributed by atoms with E-state index in [0.717, 1.165) is 19.3 Å². The number of carbonyl (C=O) groups is 1. The summed E-state index contributed by atoms with van der Waals surface area (Å²) in [6, 6.07) is 0. The average Bonchev–Trinajstić information content (AvgIpc) is 2.77. The van der Waals surface area contributed by atoms with Gasteiger partial charge < -0.3 is 14.2 Å². The Hall–Kier alpha value is -0.610. The van der Waals surface area contributed by atoms with E-state index in [9.17, 15) is 4.79 Å². The van der Waals surface area contributed by atoms with Crippen LogP contribution in [-0.4, -0.2) is 33.1 Å². The normalized spacial score (nSPS) is 25.5. The van der Waals surface area contributed by atoms with Crippen LogP contribution in [-0.2, 0) is 19.0 Å². The van der Waals surface area contributed by atoms with E-state index in [0.29, 0.717) is 18.3 Å². The van der Waals surface area contributed by atoms with Gasteiger partial charge in [-0.15, -0.1) is 0 Å². The van der Waals surface area contributed by atoms with Gasteiger partial charge in [0.25, 0.3) is 0 Å². The Morgan fingerprint density at radius 3 is 2.42 bits per heavy atom. The van der Waals surface area contributed by atoms with Crippen molar-refractivity contribution in [3.63, 3.8) is 0 Å². The van der Waals surface area contributed by atoms with Crippen molar-refractivity contribution < 1.29 is 19.0 Å². The maximum atomic E-state index is 11.4. The monoisotopic (exact) mass is 272 g/mol. The Balaban J connectivity index is 2.62. The van der Waals surface area contributed by atoms with Gasteiger partial charge in [0.1, 0.15) is 0 Å². The molecule has 2 atom stereocenters. The van der Waals surface area contributed by atoms with Crippen molar-refractivity contribution >= 4 is 5.97 Å². The topological polar surface area (TPSA) is 44.8 Å². The zero-order chi connectivity index (χ0) is 14.3. The van der Waals surface area contributed by atoms with E-state index in [1.807, 2.05) is 0 Å². The molecule has 1 aliphatic carbocycles. The van der Waals surface area contributed by atoms with Crippen LogP contribution in [0.2, 0.25) is 0 Å². The first-order valence-electron chi connectivity index (χ1n) is 7.29. The Kier molecular flexibility index (Phi) is 6.80. The second-order valence-electron chi connectivity index (χ2n) is 5.50. The number of rotatable bonds is 8. The van der Waals surface area contributed by atoms with Crippen molar-refractivity contribution in [2.24, 2.45) is 11.8 Å². The molecule has 0 spiro atoms. The number of ether oxygens (including phenoxy) is 3.